The summed E-state index contributed by atoms with van der Waals surface area (Å²) in [6, 6.07) is 17.6. The van der Waals surface area contributed by atoms with Crippen LogP contribution in [0.1, 0.15) is 18.5 Å². The smallest absolute Gasteiger partial charge is 0.264 e. The second kappa shape index (κ2) is 9.49. The standard InChI is InChI=1S/C23H24ClNO5S/c1-16(22-15-20(29-3)10-13-23(22)30-4)25(18-6-5-7-19(14-18)28-2)31(26,27)21-11-8-17(24)9-12-21/h5-16H,1-4H3. The SMILES string of the molecule is COc1cccc(N(C(C)c2cc(OC)ccc2OC)S(=O)(=O)c2ccc(Cl)cc2)c1. The summed E-state index contributed by atoms with van der Waals surface area (Å²) in [6.07, 6.45) is 0. The first-order valence-corrected chi connectivity index (χ1v) is 11.3. The van der Waals surface area contributed by atoms with Crippen LogP contribution in [-0.4, -0.2) is 29.7 Å². The molecule has 0 saturated heterocycles. The van der Waals surface area contributed by atoms with Gasteiger partial charge >= 0.3 is 0 Å². The minimum Gasteiger partial charge on any atom is -0.497 e. The molecule has 1 unspecified atom stereocenters. The van der Waals surface area contributed by atoms with E-state index >= 15 is 0 Å². The van der Waals surface area contributed by atoms with E-state index in [0.29, 0.717) is 33.5 Å². The van der Waals surface area contributed by atoms with Crippen LogP contribution in [-0.2, 0) is 10.0 Å². The van der Waals surface area contributed by atoms with Crippen molar-refractivity contribution in [2.75, 3.05) is 25.6 Å². The summed E-state index contributed by atoms with van der Waals surface area (Å²) in [6.45, 7) is 1.80. The van der Waals surface area contributed by atoms with E-state index in [4.69, 9.17) is 25.8 Å². The van der Waals surface area contributed by atoms with E-state index in [1.807, 2.05) is 0 Å². The highest BCUT2D eigenvalue weighted by atomic mass is 35.5. The van der Waals surface area contributed by atoms with Gasteiger partial charge in [0.2, 0.25) is 0 Å². The molecule has 164 valence electrons. The van der Waals surface area contributed by atoms with Gasteiger partial charge in [-0.2, -0.15) is 0 Å². The van der Waals surface area contributed by atoms with Gasteiger partial charge in [0.1, 0.15) is 17.2 Å². The van der Waals surface area contributed by atoms with Gasteiger partial charge in [-0.25, -0.2) is 8.42 Å². The maximum absolute atomic E-state index is 13.8. The Morgan fingerprint density at radius 2 is 1.48 bits per heavy atom. The fourth-order valence-electron chi connectivity index (χ4n) is 3.33. The Balaban J connectivity index is 2.22. The predicted octanol–water partition coefficient (Wildman–Crippen LogP) is 5.32. The molecule has 0 fully saturated rings. The van der Waals surface area contributed by atoms with Crippen molar-refractivity contribution >= 4 is 27.3 Å². The molecule has 6 nitrogen and oxygen atoms in total. The molecule has 3 rings (SSSR count). The first-order valence-electron chi connectivity index (χ1n) is 9.47. The number of ether oxygens (including phenoxy) is 3. The summed E-state index contributed by atoms with van der Waals surface area (Å²) in [5.74, 6) is 1.68. The van der Waals surface area contributed by atoms with Crippen molar-refractivity contribution in [2.24, 2.45) is 0 Å². The lowest BCUT2D eigenvalue weighted by atomic mass is 10.1. The summed E-state index contributed by atoms with van der Waals surface area (Å²) in [5.41, 5.74) is 1.11. The van der Waals surface area contributed by atoms with Crippen LogP contribution in [0, 0.1) is 0 Å². The highest BCUT2D eigenvalue weighted by Gasteiger charge is 2.32. The number of methoxy groups -OCH3 is 3. The number of nitrogens with zero attached hydrogens (tertiary/aromatic N) is 1. The lowest BCUT2D eigenvalue weighted by Crippen LogP contribution is -2.34. The topological polar surface area (TPSA) is 65.1 Å². The van der Waals surface area contributed by atoms with Gasteiger partial charge in [-0.15, -0.1) is 0 Å². The molecular weight excluding hydrogens is 438 g/mol. The third kappa shape index (κ3) is 4.73. The summed E-state index contributed by atoms with van der Waals surface area (Å²) < 4.78 is 45.1. The molecule has 0 aromatic heterocycles. The van der Waals surface area contributed by atoms with E-state index in [2.05, 4.69) is 0 Å². The van der Waals surface area contributed by atoms with E-state index in [9.17, 15) is 8.42 Å². The molecular formula is C23H24ClNO5S. The van der Waals surface area contributed by atoms with E-state index in [-0.39, 0.29) is 4.90 Å². The largest absolute Gasteiger partial charge is 0.497 e. The number of benzene rings is 3. The van der Waals surface area contributed by atoms with Crippen LogP contribution in [0.3, 0.4) is 0 Å². The van der Waals surface area contributed by atoms with Gasteiger partial charge < -0.3 is 14.2 Å². The summed E-state index contributed by atoms with van der Waals surface area (Å²) >= 11 is 5.97. The maximum Gasteiger partial charge on any atom is 0.264 e. The normalized spacial score (nSPS) is 12.2. The van der Waals surface area contributed by atoms with Gasteiger partial charge in [0.15, 0.2) is 0 Å². The molecule has 0 aliphatic rings. The van der Waals surface area contributed by atoms with Crippen LogP contribution in [0.5, 0.6) is 17.2 Å². The number of rotatable bonds is 8. The molecule has 0 heterocycles. The predicted molar refractivity (Wildman–Crippen MR) is 122 cm³/mol. The van der Waals surface area contributed by atoms with Gasteiger partial charge in [0.25, 0.3) is 10.0 Å². The minimum atomic E-state index is -3.97. The molecule has 0 saturated carbocycles. The number of hydrogen-bond acceptors (Lipinski definition) is 5. The molecule has 0 N–H and O–H groups in total. The third-order valence-electron chi connectivity index (χ3n) is 4.92. The Hall–Kier alpha value is -2.90. The van der Waals surface area contributed by atoms with Gasteiger partial charge in [-0.3, -0.25) is 4.31 Å². The summed E-state index contributed by atoms with van der Waals surface area (Å²) in [7, 11) is 0.668. The zero-order chi connectivity index (χ0) is 22.6. The molecule has 0 aliphatic carbocycles. The number of anilines is 1. The van der Waals surface area contributed by atoms with Crippen LogP contribution in [0.15, 0.2) is 71.6 Å². The van der Waals surface area contributed by atoms with Crippen molar-refractivity contribution < 1.29 is 22.6 Å². The van der Waals surface area contributed by atoms with E-state index in [1.165, 1.54) is 23.5 Å². The first-order chi connectivity index (χ1) is 14.8. The van der Waals surface area contributed by atoms with Crippen molar-refractivity contribution in [1.29, 1.82) is 0 Å². The fourth-order valence-corrected chi connectivity index (χ4v) is 5.08. The zero-order valence-electron chi connectivity index (χ0n) is 17.7. The van der Waals surface area contributed by atoms with Crippen LogP contribution in [0.25, 0.3) is 0 Å². The van der Waals surface area contributed by atoms with Crippen molar-refractivity contribution in [3.05, 3.63) is 77.3 Å². The second-order valence-corrected chi connectivity index (χ2v) is 8.99. The third-order valence-corrected chi connectivity index (χ3v) is 7.08. The zero-order valence-corrected chi connectivity index (χ0v) is 19.3. The maximum atomic E-state index is 13.8. The van der Waals surface area contributed by atoms with Gasteiger partial charge in [0.05, 0.1) is 38.0 Å². The number of halogens is 1. The number of hydrogen-bond donors (Lipinski definition) is 0. The second-order valence-electron chi connectivity index (χ2n) is 6.74. The summed E-state index contributed by atoms with van der Waals surface area (Å²) in [4.78, 5) is 0.119. The molecule has 0 radical (unpaired) electrons. The molecule has 3 aromatic rings. The molecule has 0 amide bonds. The van der Waals surface area contributed by atoms with Gasteiger partial charge in [0, 0.05) is 16.7 Å². The fraction of sp³-hybridized carbons (Fsp3) is 0.217. The lowest BCUT2D eigenvalue weighted by Gasteiger charge is -2.32. The van der Waals surface area contributed by atoms with E-state index in [0.717, 1.165) is 0 Å². The average molecular weight is 462 g/mol. The first kappa shape index (κ1) is 22.8. The van der Waals surface area contributed by atoms with E-state index < -0.39 is 16.1 Å². The van der Waals surface area contributed by atoms with Crippen LogP contribution >= 0.6 is 11.6 Å². The van der Waals surface area contributed by atoms with Crippen molar-refractivity contribution in [3.63, 3.8) is 0 Å². The summed E-state index contributed by atoms with van der Waals surface area (Å²) in [5, 5.41) is 0.453. The quantitative estimate of drug-likeness (QED) is 0.454. The Labute approximate surface area is 188 Å². The molecule has 0 aliphatic heterocycles. The van der Waals surface area contributed by atoms with Gasteiger partial charge in [-0.05, 0) is 61.5 Å². The van der Waals surface area contributed by atoms with Gasteiger partial charge in [-0.1, -0.05) is 17.7 Å². The molecule has 0 spiro atoms. The molecule has 1 atom stereocenters. The molecule has 31 heavy (non-hydrogen) atoms. The van der Waals surface area contributed by atoms with Crippen LogP contribution in [0.4, 0.5) is 5.69 Å². The molecule has 8 heteroatoms. The molecule has 0 bridgehead atoms. The van der Waals surface area contributed by atoms with E-state index in [1.54, 1.807) is 75.7 Å². The highest BCUT2D eigenvalue weighted by Crippen LogP contribution is 2.39. The Morgan fingerprint density at radius 3 is 2.10 bits per heavy atom. The van der Waals surface area contributed by atoms with Crippen molar-refractivity contribution in [1.82, 2.24) is 0 Å². The Kier molecular flexibility index (Phi) is 6.97. The van der Waals surface area contributed by atoms with Crippen LogP contribution < -0.4 is 18.5 Å². The molecule has 3 aromatic carbocycles. The average Bonchev–Trinajstić information content (AvgIpc) is 2.78. The van der Waals surface area contributed by atoms with Crippen LogP contribution in [0.2, 0.25) is 5.02 Å². The lowest BCUT2D eigenvalue weighted by molar-refractivity contribution is 0.396. The monoisotopic (exact) mass is 461 g/mol. The highest BCUT2D eigenvalue weighted by molar-refractivity contribution is 7.92. The Bertz CT molecular complexity index is 1150. The van der Waals surface area contributed by atoms with Crippen molar-refractivity contribution in [2.45, 2.75) is 17.9 Å². The number of sulfonamides is 1. The minimum absolute atomic E-state index is 0.119. The van der Waals surface area contributed by atoms with Crippen molar-refractivity contribution in [3.8, 4) is 17.2 Å². The Morgan fingerprint density at radius 1 is 0.839 bits per heavy atom.